The summed E-state index contributed by atoms with van der Waals surface area (Å²) in [6.07, 6.45) is 2.08. The van der Waals surface area contributed by atoms with E-state index in [0.29, 0.717) is 0 Å². The van der Waals surface area contributed by atoms with Gasteiger partial charge in [0.15, 0.2) is 0 Å². The Kier molecular flexibility index (Phi) is 4.23. The highest BCUT2D eigenvalue weighted by atomic mass is 32.2. The zero-order valence-corrected chi connectivity index (χ0v) is 12.5. The van der Waals surface area contributed by atoms with Crippen LogP contribution in [0.15, 0.2) is 12.1 Å². The van der Waals surface area contributed by atoms with Crippen molar-refractivity contribution in [2.45, 2.75) is 32.9 Å². The Hall–Kier alpha value is -0.980. The number of hydrogen-bond acceptors (Lipinski definition) is 4. The van der Waals surface area contributed by atoms with E-state index in [1.165, 1.54) is 11.8 Å². The van der Waals surface area contributed by atoms with Gasteiger partial charge in [-0.25, -0.2) is 13.1 Å². The molecule has 0 radical (unpaired) electrons. The predicted molar refractivity (Wildman–Crippen MR) is 75.4 cm³/mol. The third kappa shape index (κ3) is 4.26. The highest BCUT2D eigenvalue weighted by Crippen LogP contribution is 2.16. The molecule has 5 nitrogen and oxygen atoms in total. The summed E-state index contributed by atoms with van der Waals surface area (Å²) in [5.41, 5.74) is 3.30. The Labute approximate surface area is 115 Å². The minimum Gasteiger partial charge on any atom is -0.297 e. The third-order valence-corrected chi connectivity index (χ3v) is 4.14. The fourth-order valence-electron chi connectivity index (χ4n) is 2.50. The lowest BCUT2D eigenvalue weighted by molar-refractivity contribution is 0.323. The monoisotopic (exact) mass is 283 g/mol. The average molecular weight is 283 g/mol. The largest absolute Gasteiger partial charge is 0.297 e. The van der Waals surface area contributed by atoms with Gasteiger partial charge in [0.1, 0.15) is 0 Å². The molecule has 1 aliphatic heterocycles. The molecular weight excluding hydrogens is 262 g/mol. The lowest BCUT2D eigenvalue weighted by Crippen LogP contribution is -2.36. The smallest absolute Gasteiger partial charge is 0.208 e. The molecule has 1 saturated heterocycles. The van der Waals surface area contributed by atoms with E-state index in [0.717, 1.165) is 37.4 Å². The molecule has 0 saturated carbocycles. The SMILES string of the molecule is Cc1ccc(CN2CCC(NS(C)(=O)=O)C2)c(C)n1. The van der Waals surface area contributed by atoms with Crippen molar-refractivity contribution in [3.8, 4) is 0 Å². The maximum Gasteiger partial charge on any atom is 0.208 e. The highest BCUT2D eigenvalue weighted by molar-refractivity contribution is 7.88. The molecule has 2 heterocycles. The van der Waals surface area contributed by atoms with Crippen LogP contribution in [-0.4, -0.2) is 43.7 Å². The molecule has 1 aliphatic rings. The number of aromatic nitrogens is 1. The number of aryl methyl sites for hydroxylation is 2. The van der Waals surface area contributed by atoms with Gasteiger partial charge in [-0.3, -0.25) is 9.88 Å². The van der Waals surface area contributed by atoms with Crippen LogP contribution in [0, 0.1) is 13.8 Å². The van der Waals surface area contributed by atoms with E-state index < -0.39 is 10.0 Å². The summed E-state index contributed by atoms with van der Waals surface area (Å²) >= 11 is 0. The number of sulfonamides is 1. The second-order valence-corrected chi connectivity index (χ2v) is 7.09. The lowest BCUT2D eigenvalue weighted by Gasteiger charge is -2.17. The molecule has 0 spiro atoms. The fraction of sp³-hybridized carbons (Fsp3) is 0.615. The Morgan fingerprint density at radius 2 is 2.16 bits per heavy atom. The first-order valence-corrected chi connectivity index (χ1v) is 8.35. The van der Waals surface area contributed by atoms with Gasteiger partial charge in [0.25, 0.3) is 0 Å². The standard InChI is InChI=1S/C13H21N3O2S/c1-10-4-5-12(11(2)14-10)8-16-7-6-13(9-16)15-19(3,17)18/h4-5,13,15H,6-9H2,1-3H3. The van der Waals surface area contributed by atoms with Gasteiger partial charge in [0.2, 0.25) is 10.0 Å². The zero-order chi connectivity index (χ0) is 14.0. The fourth-order valence-corrected chi connectivity index (χ4v) is 3.30. The quantitative estimate of drug-likeness (QED) is 0.889. The normalized spacial score (nSPS) is 20.9. The number of nitrogens with zero attached hydrogens (tertiary/aromatic N) is 2. The first-order chi connectivity index (χ1) is 8.83. The van der Waals surface area contributed by atoms with Gasteiger partial charge in [-0.05, 0) is 31.9 Å². The zero-order valence-electron chi connectivity index (χ0n) is 11.7. The molecule has 1 aromatic heterocycles. The predicted octanol–water partition coefficient (Wildman–Crippen LogP) is 0.822. The maximum absolute atomic E-state index is 11.2. The highest BCUT2D eigenvalue weighted by Gasteiger charge is 2.24. The summed E-state index contributed by atoms with van der Waals surface area (Å²) in [5, 5.41) is 0. The van der Waals surface area contributed by atoms with Gasteiger partial charge in [-0.1, -0.05) is 6.07 Å². The van der Waals surface area contributed by atoms with E-state index in [9.17, 15) is 8.42 Å². The van der Waals surface area contributed by atoms with Crippen LogP contribution in [0.5, 0.6) is 0 Å². The van der Waals surface area contributed by atoms with E-state index in [1.807, 2.05) is 19.9 Å². The number of rotatable bonds is 4. The molecule has 19 heavy (non-hydrogen) atoms. The van der Waals surface area contributed by atoms with E-state index in [-0.39, 0.29) is 6.04 Å². The van der Waals surface area contributed by atoms with Crippen LogP contribution in [0.1, 0.15) is 23.4 Å². The van der Waals surface area contributed by atoms with Crippen LogP contribution >= 0.6 is 0 Å². The van der Waals surface area contributed by atoms with Gasteiger partial charge < -0.3 is 0 Å². The van der Waals surface area contributed by atoms with Crippen LogP contribution in [-0.2, 0) is 16.6 Å². The number of likely N-dealkylation sites (tertiary alicyclic amines) is 1. The molecular formula is C13H21N3O2S. The molecule has 2 rings (SSSR count). The van der Waals surface area contributed by atoms with Crippen molar-refractivity contribution >= 4 is 10.0 Å². The number of nitrogens with one attached hydrogen (secondary N) is 1. The Morgan fingerprint density at radius 1 is 1.42 bits per heavy atom. The topological polar surface area (TPSA) is 62.3 Å². The van der Waals surface area contributed by atoms with Gasteiger partial charge >= 0.3 is 0 Å². The molecule has 0 aromatic carbocycles. The van der Waals surface area contributed by atoms with E-state index in [2.05, 4.69) is 20.7 Å². The maximum atomic E-state index is 11.2. The van der Waals surface area contributed by atoms with Crippen molar-refractivity contribution in [1.82, 2.24) is 14.6 Å². The minimum absolute atomic E-state index is 0.0358. The number of pyridine rings is 1. The molecule has 1 aromatic rings. The lowest BCUT2D eigenvalue weighted by atomic mass is 10.2. The van der Waals surface area contributed by atoms with Gasteiger partial charge in [-0.15, -0.1) is 0 Å². The van der Waals surface area contributed by atoms with Crippen LogP contribution in [0.25, 0.3) is 0 Å². The summed E-state index contributed by atoms with van der Waals surface area (Å²) in [7, 11) is -3.11. The van der Waals surface area contributed by atoms with Gasteiger partial charge in [-0.2, -0.15) is 0 Å². The third-order valence-electron chi connectivity index (χ3n) is 3.38. The second-order valence-electron chi connectivity index (χ2n) is 5.31. The molecule has 1 unspecified atom stereocenters. The van der Waals surface area contributed by atoms with Gasteiger partial charge in [0, 0.05) is 37.1 Å². The molecule has 0 aliphatic carbocycles. The van der Waals surface area contributed by atoms with E-state index in [4.69, 9.17) is 0 Å². The van der Waals surface area contributed by atoms with Crippen molar-refractivity contribution in [3.63, 3.8) is 0 Å². The van der Waals surface area contributed by atoms with Crippen molar-refractivity contribution in [1.29, 1.82) is 0 Å². The summed E-state index contributed by atoms with van der Waals surface area (Å²) in [6.45, 7) is 6.52. The summed E-state index contributed by atoms with van der Waals surface area (Å²) < 4.78 is 25.1. The van der Waals surface area contributed by atoms with Crippen LogP contribution < -0.4 is 4.72 Å². The van der Waals surface area contributed by atoms with Crippen LogP contribution in [0.3, 0.4) is 0 Å². The van der Waals surface area contributed by atoms with E-state index in [1.54, 1.807) is 0 Å². The van der Waals surface area contributed by atoms with Crippen molar-refractivity contribution < 1.29 is 8.42 Å². The summed E-state index contributed by atoms with van der Waals surface area (Å²) in [6, 6.07) is 4.16. The van der Waals surface area contributed by atoms with Crippen LogP contribution in [0.2, 0.25) is 0 Å². The molecule has 1 N–H and O–H groups in total. The van der Waals surface area contributed by atoms with Crippen LogP contribution in [0.4, 0.5) is 0 Å². The molecule has 106 valence electrons. The van der Waals surface area contributed by atoms with Crippen molar-refractivity contribution in [3.05, 3.63) is 29.1 Å². The van der Waals surface area contributed by atoms with Gasteiger partial charge in [0.05, 0.1) is 6.26 Å². The first kappa shape index (κ1) is 14.4. The second kappa shape index (κ2) is 5.56. The minimum atomic E-state index is -3.11. The molecule has 0 amide bonds. The Morgan fingerprint density at radius 3 is 2.79 bits per heavy atom. The van der Waals surface area contributed by atoms with Crippen molar-refractivity contribution in [2.75, 3.05) is 19.3 Å². The van der Waals surface area contributed by atoms with Crippen molar-refractivity contribution in [2.24, 2.45) is 0 Å². The first-order valence-electron chi connectivity index (χ1n) is 6.46. The number of hydrogen-bond donors (Lipinski definition) is 1. The Balaban J connectivity index is 1.95. The summed E-state index contributed by atoms with van der Waals surface area (Å²) in [5.74, 6) is 0. The molecule has 1 atom stereocenters. The molecule has 0 bridgehead atoms. The van der Waals surface area contributed by atoms with E-state index >= 15 is 0 Å². The Bertz CT molecular complexity index is 557. The molecule has 6 heteroatoms. The summed E-state index contributed by atoms with van der Waals surface area (Å²) in [4.78, 5) is 6.72. The average Bonchev–Trinajstić information content (AvgIpc) is 2.67. The molecule has 1 fully saturated rings.